The van der Waals surface area contributed by atoms with Gasteiger partial charge in [0.1, 0.15) is 24.4 Å². The fourth-order valence-electron chi connectivity index (χ4n) is 10.5. The Morgan fingerprint density at radius 3 is 1.30 bits per heavy atom. The van der Waals surface area contributed by atoms with Crippen LogP contribution < -0.4 is 5.32 Å². The topological polar surface area (TPSA) is 175 Å². The summed E-state index contributed by atoms with van der Waals surface area (Å²) in [5.74, 6) is -1.20. The molecule has 1 fully saturated rings. The van der Waals surface area contributed by atoms with Crippen molar-refractivity contribution < 1.29 is 49.3 Å². The van der Waals surface area contributed by atoms with E-state index in [1.165, 1.54) is 167 Å². The lowest BCUT2D eigenvalue weighted by molar-refractivity contribution is -0.305. The Morgan fingerprint density at radius 2 is 0.852 bits per heavy atom. The molecule has 1 rings (SSSR count). The zero-order chi connectivity index (χ0) is 58.9. The Balaban J connectivity index is 2.61. The van der Waals surface area contributed by atoms with Crippen molar-refractivity contribution in [2.45, 2.75) is 359 Å². The Kier molecular flexibility index (Phi) is 54.5. The van der Waals surface area contributed by atoms with Gasteiger partial charge in [0.25, 0.3) is 0 Å². The van der Waals surface area contributed by atoms with E-state index in [0.29, 0.717) is 12.8 Å². The summed E-state index contributed by atoms with van der Waals surface area (Å²) in [5.41, 5.74) is 0. The summed E-state index contributed by atoms with van der Waals surface area (Å²) in [6.07, 6.45) is 62.6. The zero-order valence-corrected chi connectivity index (χ0v) is 52.4. The first kappa shape index (κ1) is 76.4. The molecule has 81 heavy (non-hydrogen) atoms. The molecule has 11 heteroatoms. The van der Waals surface area contributed by atoms with E-state index in [9.17, 15) is 35.1 Å². The highest BCUT2D eigenvalue weighted by molar-refractivity contribution is 5.80. The van der Waals surface area contributed by atoms with Gasteiger partial charge in [-0.3, -0.25) is 9.59 Å². The summed E-state index contributed by atoms with van der Waals surface area (Å²) in [6.45, 7) is 5.78. The molecular weight excluding hydrogens is 1010 g/mol. The molecule has 0 aromatic rings. The van der Waals surface area contributed by atoms with Crippen molar-refractivity contribution in [3.8, 4) is 0 Å². The van der Waals surface area contributed by atoms with E-state index >= 15 is 0 Å². The van der Waals surface area contributed by atoms with Crippen LogP contribution in [-0.4, -0.2) is 99.6 Å². The van der Waals surface area contributed by atoms with Gasteiger partial charge in [0, 0.05) is 6.42 Å². The lowest BCUT2D eigenvalue weighted by Gasteiger charge is -2.41. The minimum atomic E-state index is -1.61. The number of rotatable bonds is 58. The summed E-state index contributed by atoms with van der Waals surface area (Å²) >= 11 is 0. The molecule has 11 nitrogen and oxygen atoms in total. The number of carbonyl (C=O) groups excluding carboxylic acids is 2. The summed E-state index contributed by atoms with van der Waals surface area (Å²) in [7, 11) is 0. The number of amides is 1. The van der Waals surface area contributed by atoms with Crippen molar-refractivity contribution in [3.63, 3.8) is 0 Å². The second-order valence-corrected chi connectivity index (χ2v) is 23.6. The molecule has 8 atom stereocenters. The van der Waals surface area contributed by atoms with Crippen molar-refractivity contribution in [1.29, 1.82) is 0 Å². The van der Waals surface area contributed by atoms with Crippen LogP contribution in [0, 0.1) is 0 Å². The molecule has 8 unspecified atom stereocenters. The van der Waals surface area contributed by atoms with Crippen molar-refractivity contribution in [3.05, 3.63) is 60.8 Å². The first-order chi connectivity index (χ1) is 39.7. The van der Waals surface area contributed by atoms with Gasteiger partial charge in [-0.15, -0.1) is 0 Å². The van der Waals surface area contributed by atoms with Crippen LogP contribution in [0.1, 0.15) is 310 Å². The Hall–Kier alpha value is -2.64. The Labute approximate surface area is 497 Å². The minimum absolute atomic E-state index is 0.125. The second kappa shape index (κ2) is 57.8. The van der Waals surface area contributed by atoms with Crippen LogP contribution in [0.4, 0.5) is 0 Å². The van der Waals surface area contributed by atoms with Gasteiger partial charge >= 0.3 is 5.97 Å². The standard InChI is InChI=1S/C70H127NO10/c1-4-7-10-13-16-19-22-24-26-28-30-31-32-34-35-37-39-42-45-48-51-54-57-63(74)69(78)71-61(62(73)56-53-50-47-44-41-21-18-15-12-9-6-3)60-79-70-68(67(77)66(76)64(59-72)80-70)81-65(75)58-55-52-49-46-43-40-38-36-33-29-27-25-23-20-17-14-11-8-5-2/h16,19,24,26,30-31,34-35,53,56,61-64,66-68,70,72-74,76-77H,4-15,17-18,20-23,25,27-29,32-33,36-52,54-55,57-60H2,1-3H3,(H,71,78)/b19-16-,26-24-,31-30-,35-34-,56-53+. The molecule has 0 aromatic carbocycles. The van der Waals surface area contributed by atoms with Crippen LogP contribution >= 0.6 is 0 Å². The molecule has 0 saturated carbocycles. The maximum Gasteiger partial charge on any atom is 0.306 e. The Morgan fingerprint density at radius 1 is 0.481 bits per heavy atom. The van der Waals surface area contributed by atoms with Gasteiger partial charge in [0.15, 0.2) is 12.4 Å². The molecule has 0 radical (unpaired) electrons. The van der Waals surface area contributed by atoms with Crippen LogP contribution in [0.3, 0.4) is 0 Å². The van der Waals surface area contributed by atoms with Gasteiger partial charge in [0.05, 0.1) is 25.4 Å². The van der Waals surface area contributed by atoms with E-state index in [-0.39, 0.29) is 19.4 Å². The van der Waals surface area contributed by atoms with Crippen molar-refractivity contribution >= 4 is 11.9 Å². The van der Waals surface area contributed by atoms with Gasteiger partial charge in [-0.25, -0.2) is 0 Å². The van der Waals surface area contributed by atoms with E-state index < -0.39 is 67.4 Å². The molecule has 1 aliphatic heterocycles. The number of hydrogen-bond donors (Lipinski definition) is 6. The van der Waals surface area contributed by atoms with Gasteiger partial charge in [-0.05, 0) is 70.6 Å². The number of hydrogen-bond acceptors (Lipinski definition) is 10. The highest BCUT2D eigenvalue weighted by Gasteiger charge is 2.47. The highest BCUT2D eigenvalue weighted by atomic mass is 16.7. The molecular formula is C70H127NO10. The molecule has 0 bridgehead atoms. The number of nitrogens with one attached hydrogen (secondary N) is 1. The van der Waals surface area contributed by atoms with Crippen molar-refractivity contribution in [2.24, 2.45) is 0 Å². The van der Waals surface area contributed by atoms with Gasteiger partial charge in [0.2, 0.25) is 5.91 Å². The third-order valence-corrected chi connectivity index (χ3v) is 15.9. The second-order valence-electron chi connectivity index (χ2n) is 23.6. The molecule has 472 valence electrons. The molecule has 1 heterocycles. The van der Waals surface area contributed by atoms with Crippen LogP contribution in [0.2, 0.25) is 0 Å². The van der Waals surface area contributed by atoms with E-state index in [1.807, 2.05) is 6.08 Å². The Bertz CT molecular complexity index is 1550. The first-order valence-corrected chi connectivity index (χ1v) is 34.1. The smallest absolute Gasteiger partial charge is 0.306 e. The molecule has 1 saturated heterocycles. The predicted molar refractivity (Wildman–Crippen MR) is 338 cm³/mol. The SMILES string of the molecule is CCCCC/C=C\C/C=C\C/C=C\C/C=C\CCCCCCCCC(O)C(=O)NC(COC1OC(CO)C(O)C(O)C1OC(=O)CCCCCCCCCCCCCCCCCCCCC)C(O)/C=C/CCCCCCCCCCC. The summed E-state index contributed by atoms with van der Waals surface area (Å²) in [6, 6.07) is -1.03. The van der Waals surface area contributed by atoms with Crippen molar-refractivity contribution in [1.82, 2.24) is 5.32 Å². The predicted octanol–water partition coefficient (Wildman–Crippen LogP) is 17.0. The first-order valence-electron chi connectivity index (χ1n) is 34.1. The quantitative estimate of drug-likeness (QED) is 0.0195. The minimum Gasteiger partial charge on any atom is -0.454 e. The van der Waals surface area contributed by atoms with Crippen molar-refractivity contribution in [2.75, 3.05) is 13.2 Å². The fraction of sp³-hybridized carbons (Fsp3) is 0.829. The molecule has 1 aliphatic rings. The number of esters is 1. The van der Waals surface area contributed by atoms with Gasteiger partial charge < -0.3 is 45.1 Å². The van der Waals surface area contributed by atoms with Crippen LogP contribution in [0.15, 0.2) is 60.8 Å². The van der Waals surface area contributed by atoms with Crippen LogP contribution in [-0.2, 0) is 23.8 Å². The number of allylic oxidation sites excluding steroid dienone is 9. The van der Waals surface area contributed by atoms with E-state index in [4.69, 9.17) is 14.2 Å². The van der Waals surface area contributed by atoms with E-state index in [1.54, 1.807) is 6.08 Å². The highest BCUT2D eigenvalue weighted by Crippen LogP contribution is 2.26. The van der Waals surface area contributed by atoms with Gasteiger partial charge in [-0.1, -0.05) is 293 Å². The van der Waals surface area contributed by atoms with E-state index in [0.717, 1.165) is 96.3 Å². The number of unbranched alkanes of at least 4 members (excludes halogenated alkanes) is 36. The summed E-state index contributed by atoms with van der Waals surface area (Å²) in [4.78, 5) is 26.6. The van der Waals surface area contributed by atoms with Crippen LogP contribution in [0.25, 0.3) is 0 Å². The average Bonchev–Trinajstić information content (AvgIpc) is 3.52. The largest absolute Gasteiger partial charge is 0.454 e. The lowest BCUT2D eigenvalue weighted by atomic mass is 9.99. The molecule has 6 N–H and O–H groups in total. The lowest BCUT2D eigenvalue weighted by Crippen LogP contribution is -2.61. The zero-order valence-electron chi connectivity index (χ0n) is 52.4. The van der Waals surface area contributed by atoms with E-state index in [2.05, 4.69) is 74.7 Å². The number of aliphatic hydroxyl groups excluding tert-OH is 5. The molecule has 0 aromatic heterocycles. The molecule has 1 amide bonds. The maximum absolute atomic E-state index is 13.5. The number of carbonyl (C=O) groups is 2. The monoisotopic (exact) mass is 1140 g/mol. The number of ether oxygens (including phenoxy) is 3. The molecule has 0 spiro atoms. The number of aliphatic hydroxyl groups is 5. The third-order valence-electron chi connectivity index (χ3n) is 15.9. The normalized spacial score (nSPS) is 19.0. The average molecular weight is 1140 g/mol. The maximum atomic E-state index is 13.5. The third kappa shape index (κ3) is 45.4. The van der Waals surface area contributed by atoms with Gasteiger partial charge in [-0.2, -0.15) is 0 Å². The summed E-state index contributed by atoms with van der Waals surface area (Å²) in [5, 5.41) is 57.1. The summed E-state index contributed by atoms with van der Waals surface area (Å²) < 4.78 is 17.7. The van der Waals surface area contributed by atoms with Crippen LogP contribution in [0.5, 0.6) is 0 Å². The fourth-order valence-corrected chi connectivity index (χ4v) is 10.5. The molecule has 0 aliphatic carbocycles.